The molecule has 0 saturated carbocycles. The molecule has 4 rings (SSSR count). The van der Waals surface area contributed by atoms with Gasteiger partial charge < -0.3 is 4.90 Å². The fourth-order valence-electron chi connectivity index (χ4n) is 5.06. The first-order valence-electron chi connectivity index (χ1n) is 12.5. The number of pyridine rings is 1. The fourth-order valence-corrected chi connectivity index (χ4v) is 5.06. The van der Waals surface area contributed by atoms with Gasteiger partial charge in [-0.05, 0) is 42.5 Å². The van der Waals surface area contributed by atoms with Crippen LogP contribution in [0.1, 0.15) is 37.8 Å². The zero-order valence-corrected chi connectivity index (χ0v) is 20.5. The minimum Gasteiger partial charge on any atom is -0.301 e. The summed E-state index contributed by atoms with van der Waals surface area (Å²) >= 11 is 0. The van der Waals surface area contributed by atoms with E-state index in [0.717, 1.165) is 68.9 Å². The molecule has 1 atom stereocenters. The van der Waals surface area contributed by atoms with E-state index in [2.05, 4.69) is 83.2 Å². The highest BCUT2D eigenvalue weighted by atomic mass is 15.3. The Morgan fingerprint density at radius 3 is 2.12 bits per heavy atom. The molecule has 0 amide bonds. The summed E-state index contributed by atoms with van der Waals surface area (Å²) in [5.74, 6) is 0.290. The Bertz CT molecular complexity index is 1050. The van der Waals surface area contributed by atoms with Crippen LogP contribution in [0.2, 0.25) is 0 Å². The molecule has 1 aliphatic heterocycles. The predicted octanol–water partition coefficient (Wildman–Crippen LogP) is 5.76. The van der Waals surface area contributed by atoms with Crippen molar-refractivity contribution in [2.24, 2.45) is 5.92 Å². The lowest BCUT2D eigenvalue weighted by atomic mass is 9.70. The van der Waals surface area contributed by atoms with E-state index in [4.69, 9.17) is 0 Å². The van der Waals surface area contributed by atoms with Gasteiger partial charge in [0.25, 0.3) is 0 Å². The van der Waals surface area contributed by atoms with Crippen molar-refractivity contribution in [1.29, 1.82) is 5.26 Å². The molecule has 1 aliphatic rings. The topological polar surface area (TPSA) is 43.2 Å². The zero-order chi connectivity index (χ0) is 23.8. The van der Waals surface area contributed by atoms with Crippen molar-refractivity contribution in [3.63, 3.8) is 0 Å². The summed E-state index contributed by atoms with van der Waals surface area (Å²) in [7, 11) is 0. The van der Waals surface area contributed by atoms with Crippen LogP contribution in [0.3, 0.4) is 0 Å². The average molecular weight is 453 g/mol. The van der Waals surface area contributed by atoms with Crippen LogP contribution in [-0.4, -0.2) is 47.5 Å². The van der Waals surface area contributed by atoms with E-state index in [1.54, 1.807) is 0 Å². The molecule has 0 spiro atoms. The Balaban J connectivity index is 1.25. The lowest BCUT2D eigenvalue weighted by Crippen LogP contribution is -2.46. The average Bonchev–Trinajstić information content (AvgIpc) is 2.89. The van der Waals surface area contributed by atoms with Crippen molar-refractivity contribution in [3.05, 3.63) is 90.1 Å². The van der Waals surface area contributed by atoms with Crippen molar-refractivity contribution in [1.82, 2.24) is 14.8 Å². The van der Waals surface area contributed by atoms with E-state index < -0.39 is 5.41 Å². The standard InChI is InChI=1S/C30H36N4/c1-25(2)30(24-31,28-12-7-4-8-13-28)16-9-17-33-18-20-34(21-19-33)23-26-14-15-29(32-22-26)27-10-5-3-6-11-27/h3-8,10-15,22,25H,9,16-21,23H2,1-2H3. The van der Waals surface area contributed by atoms with Crippen LogP contribution in [0, 0.1) is 17.2 Å². The van der Waals surface area contributed by atoms with Crippen LogP contribution < -0.4 is 0 Å². The number of hydrogen-bond acceptors (Lipinski definition) is 4. The molecule has 4 nitrogen and oxygen atoms in total. The molecule has 176 valence electrons. The SMILES string of the molecule is CC(C)C(C#N)(CCCN1CCN(Cc2ccc(-c3ccccc3)nc2)CC1)c1ccccc1. The minimum atomic E-state index is -0.401. The first-order chi connectivity index (χ1) is 16.6. The van der Waals surface area contributed by atoms with Gasteiger partial charge in [0.05, 0.1) is 17.2 Å². The fraction of sp³-hybridized carbons (Fsp3) is 0.400. The maximum atomic E-state index is 10.1. The largest absolute Gasteiger partial charge is 0.301 e. The summed E-state index contributed by atoms with van der Waals surface area (Å²) in [5, 5.41) is 10.1. The molecule has 1 aromatic heterocycles. The van der Waals surface area contributed by atoms with Gasteiger partial charge in [0, 0.05) is 44.5 Å². The molecule has 0 radical (unpaired) electrons. The highest BCUT2D eigenvalue weighted by molar-refractivity contribution is 5.58. The molecule has 2 heterocycles. The van der Waals surface area contributed by atoms with E-state index in [9.17, 15) is 5.26 Å². The summed E-state index contributed by atoms with van der Waals surface area (Å²) in [6, 6.07) is 27.7. The number of piperazine rings is 1. The number of rotatable bonds is 9. The van der Waals surface area contributed by atoms with Crippen LogP contribution in [-0.2, 0) is 12.0 Å². The number of nitriles is 1. The second-order valence-corrected chi connectivity index (χ2v) is 9.74. The smallest absolute Gasteiger partial charge is 0.0845 e. The molecule has 1 fully saturated rings. The Labute approximate surface area is 204 Å². The zero-order valence-electron chi connectivity index (χ0n) is 20.5. The third-order valence-corrected chi connectivity index (χ3v) is 7.28. The van der Waals surface area contributed by atoms with Crippen LogP contribution >= 0.6 is 0 Å². The van der Waals surface area contributed by atoms with Crippen LogP contribution in [0.25, 0.3) is 11.3 Å². The van der Waals surface area contributed by atoms with Gasteiger partial charge >= 0.3 is 0 Å². The lowest BCUT2D eigenvalue weighted by molar-refractivity contribution is 0.123. The third kappa shape index (κ3) is 5.73. The van der Waals surface area contributed by atoms with Gasteiger partial charge in [-0.3, -0.25) is 9.88 Å². The second-order valence-electron chi connectivity index (χ2n) is 9.74. The van der Waals surface area contributed by atoms with Crippen LogP contribution in [0.5, 0.6) is 0 Å². The molecule has 2 aromatic carbocycles. The molecule has 3 aromatic rings. The Morgan fingerprint density at radius 1 is 0.882 bits per heavy atom. The first kappa shape index (κ1) is 24.1. The third-order valence-electron chi connectivity index (χ3n) is 7.28. The maximum Gasteiger partial charge on any atom is 0.0845 e. The number of nitrogens with zero attached hydrogens (tertiary/aromatic N) is 4. The van der Waals surface area contributed by atoms with Crippen molar-refractivity contribution >= 4 is 0 Å². The van der Waals surface area contributed by atoms with Crippen LogP contribution in [0.4, 0.5) is 0 Å². The van der Waals surface area contributed by atoms with E-state index >= 15 is 0 Å². The van der Waals surface area contributed by atoms with Crippen molar-refractivity contribution in [2.45, 2.75) is 38.6 Å². The summed E-state index contributed by atoms with van der Waals surface area (Å²) < 4.78 is 0. The van der Waals surface area contributed by atoms with Gasteiger partial charge in [-0.25, -0.2) is 0 Å². The molecular weight excluding hydrogens is 416 g/mol. The molecule has 34 heavy (non-hydrogen) atoms. The molecule has 0 N–H and O–H groups in total. The van der Waals surface area contributed by atoms with Gasteiger partial charge in [0.2, 0.25) is 0 Å². The Morgan fingerprint density at radius 2 is 1.53 bits per heavy atom. The van der Waals surface area contributed by atoms with Gasteiger partial charge in [-0.1, -0.05) is 80.6 Å². The van der Waals surface area contributed by atoms with Crippen molar-refractivity contribution in [3.8, 4) is 17.3 Å². The first-order valence-corrected chi connectivity index (χ1v) is 12.5. The predicted molar refractivity (Wildman–Crippen MR) is 139 cm³/mol. The molecule has 1 saturated heterocycles. The van der Waals surface area contributed by atoms with E-state index in [0.29, 0.717) is 5.92 Å². The highest BCUT2D eigenvalue weighted by Gasteiger charge is 2.35. The molecule has 0 bridgehead atoms. The van der Waals surface area contributed by atoms with Crippen LogP contribution in [0.15, 0.2) is 79.0 Å². The van der Waals surface area contributed by atoms with E-state index in [-0.39, 0.29) is 0 Å². The normalized spacial score (nSPS) is 16.8. The number of benzene rings is 2. The maximum absolute atomic E-state index is 10.1. The summed E-state index contributed by atoms with van der Waals surface area (Å²) in [5.41, 5.74) is 4.21. The molecule has 4 heteroatoms. The highest BCUT2D eigenvalue weighted by Crippen LogP contribution is 2.36. The summed E-state index contributed by atoms with van der Waals surface area (Å²) in [4.78, 5) is 9.75. The summed E-state index contributed by atoms with van der Waals surface area (Å²) in [6.45, 7) is 10.7. The molecule has 1 unspecified atom stereocenters. The van der Waals surface area contributed by atoms with Gasteiger partial charge in [-0.2, -0.15) is 5.26 Å². The van der Waals surface area contributed by atoms with Crippen molar-refractivity contribution in [2.75, 3.05) is 32.7 Å². The van der Waals surface area contributed by atoms with Crippen molar-refractivity contribution < 1.29 is 0 Å². The molecule has 0 aliphatic carbocycles. The minimum absolute atomic E-state index is 0.290. The quantitative estimate of drug-likeness (QED) is 0.414. The molecular formula is C30H36N4. The number of hydrogen-bond donors (Lipinski definition) is 0. The van der Waals surface area contributed by atoms with E-state index in [1.165, 1.54) is 5.56 Å². The van der Waals surface area contributed by atoms with Gasteiger partial charge in [-0.15, -0.1) is 0 Å². The summed E-state index contributed by atoms with van der Waals surface area (Å²) in [6.07, 6.45) is 3.97. The monoisotopic (exact) mass is 452 g/mol. The van der Waals surface area contributed by atoms with Gasteiger partial charge in [0.15, 0.2) is 0 Å². The Kier molecular flexibility index (Phi) is 8.11. The second kappa shape index (κ2) is 11.4. The van der Waals surface area contributed by atoms with E-state index in [1.807, 2.05) is 30.5 Å². The van der Waals surface area contributed by atoms with Gasteiger partial charge in [0.1, 0.15) is 0 Å². The Hall–Kier alpha value is -3.00. The number of aromatic nitrogens is 1. The lowest BCUT2D eigenvalue weighted by Gasteiger charge is -2.36.